The molecule has 0 aliphatic heterocycles. The molecule has 148 valence electrons. The van der Waals surface area contributed by atoms with Crippen LogP contribution in [0.1, 0.15) is 11.1 Å². The van der Waals surface area contributed by atoms with E-state index in [9.17, 15) is 16.8 Å². The predicted molar refractivity (Wildman–Crippen MR) is 101 cm³/mol. The third-order valence-corrected chi connectivity index (χ3v) is 5.51. The number of nitrogen functional groups attached to an aromatic ring is 1. The van der Waals surface area contributed by atoms with Crippen molar-refractivity contribution in [3.8, 4) is 5.75 Å². The van der Waals surface area contributed by atoms with E-state index in [1.807, 2.05) is 6.92 Å². The monoisotopic (exact) mass is 416 g/mol. The maximum absolute atomic E-state index is 12.7. The predicted octanol–water partition coefficient (Wildman–Crippen LogP) is 1.75. The Kier molecular flexibility index (Phi) is 6.31. The van der Waals surface area contributed by atoms with E-state index in [1.165, 1.54) is 31.4 Å². The normalized spacial score (nSPS) is 12.0. The Labute approximate surface area is 158 Å². The van der Waals surface area contributed by atoms with Gasteiger partial charge in [0.1, 0.15) is 5.75 Å². The maximum atomic E-state index is 12.7. The molecule has 0 heterocycles. The quantitative estimate of drug-likeness (QED) is 0.436. The molecule has 27 heavy (non-hydrogen) atoms. The van der Waals surface area contributed by atoms with Crippen molar-refractivity contribution in [1.29, 1.82) is 0 Å². The molecule has 0 unspecified atom stereocenters. The van der Waals surface area contributed by atoms with Gasteiger partial charge >= 0.3 is 10.4 Å². The van der Waals surface area contributed by atoms with E-state index >= 15 is 0 Å². The van der Waals surface area contributed by atoms with Crippen LogP contribution in [-0.4, -0.2) is 35.1 Å². The van der Waals surface area contributed by atoms with Crippen molar-refractivity contribution in [2.24, 2.45) is 0 Å². The Hall–Kier alpha value is -2.34. The molecule has 0 saturated heterocycles. The zero-order valence-electron chi connectivity index (χ0n) is 14.7. The second-order valence-corrected chi connectivity index (χ2v) is 8.41. The van der Waals surface area contributed by atoms with Crippen molar-refractivity contribution < 1.29 is 30.3 Å². The van der Waals surface area contributed by atoms with Crippen molar-refractivity contribution in [3.63, 3.8) is 0 Å². The molecule has 0 radical (unpaired) electrons. The fraction of sp³-hybridized carbons (Fsp3) is 0.250. The zero-order chi connectivity index (χ0) is 20.2. The van der Waals surface area contributed by atoms with Crippen molar-refractivity contribution >= 4 is 31.8 Å². The summed E-state index contributed by atoms with van der Waals surface area (Å²) >= 11 is 0. The summed E-state index contributed by atoms with van der Waals surface area (Å²) in [6.07, 6.45) is -0.0280. The summed E-state index contributed by atoms with van der Waals surface area (Å²) in [5.41, 5.74) is 7.36. The summed E-state index contributed by atoms with van der Waals surface area (Å²) in [6.45, 7) is 1.43. The summed E-state index contributed by atoms with van der Waals surface area (Å²) in [5, 5.41) is 0. The van der Waals surface area contributed by atoms with E-state index in [1.54, 1.807) is 12.1 Å². The van der Waals surface area contributed by atoms with Gasteiger partial charge < -0.3 is 10.5 Å². The SMILES string of the molecule is COc1ccc(CCOS(=O)(=O)O)c(NS(=O)(=O)c2ccc(C)cc2)c1N. The highest BCUT2D eigenvalue weighted by Crippen LogP contribution is 2.34. The highest BCUT2D eigenvalue weighted by atomic mass is 32.3. The van der Waals surface area contributed by atoms with Gasteiger partial charge in [0.05, 0.1) is 30.0 Å². The van der Waals surface area contributed by atoms with Gasteiger partial charge in [0.15, 0.2) is 0 Å². The van der Waals surface area contributed by atoms with Crippen LogP contribution in [0.4, 0.5) is 11.4 Å². The van der Waals surface area contributed by atoms with Gasteiger partial charge in [-0.1, -0.05) is 23.8 Å². The van der Waals surface area contributed by atoms with Crippen LogP contribution in [0.25, 0.3) is 0 Å². The summed E-state index contributed by atoms with van der Waals surface area (Å²) < 4.78 is 67.2. The van der Waals surface area contributed by atoms with E-state index in [2.05, 4.69) is 8.91 Å². The van der Waals surface area contributed by atoms with Gasteiger partial charge in [-0.05, 0) is 37.1 Å². The second kappa shape index (κ2) is 8.13. The van der Waals surface area contributed by atoms with Crippen molar-refractivity contribution in [2.75, 3.05) is 24.2 Å². The summed E-state index contributed by atoms with van der Waals surface area (Å²) in [4.78, 5) is 0.0375. The highest BCUT2D eigenvalue weighted by molar-refractivity contribution is 7.92. The zero-order valence-corrected chi connectivity index (χ0v) is 16.3. The van der Waals surface area contributed by atoms with Gasteiger partial charge in [-0.2, -0.15) is 8.42 Å². The van der Waals surface area contributed by atoms with Crippen LogP contribution in [0.15, 0.2) is 41.3 Å². The van der Waals surface area contributed by atoms with Crippen molar-refractivity contribution in [3.05, 3.63) is 47.5 Å². The maximum Gasteiger partial charge on any atom is 0.397 e. The van der Waals surface area contributed by atoms with Crippen LogP contribution in [0.3, 0.4) is 0 Å². The van der Waals surface area contributed by atoms with Gasteiger partial charge in [0.25, 0.3) is 10.0 Å². The van der Waals surface area contributed by atoms with Gasteiger partial charge in [0, 0.05) is 0 Å². The minimum absolute atomic E-state index is 0.0280. The first kappa shape index (κ1) is 21.0. The van der Waals surface area contributed by atoms with Gasteiger partial charge in [-0.3, -0.25) is 9.27 Å². The molecule has 2 aromatic carbocycles. The molecule has 0 spiro atoms. The molecule has 0 aliphatic rings. The lowest BCUT2D eigenvalue weighted by Gasteiger charge is -2.17. The molecule has 0 saturated carbocycles. The average Bonchev–Trinajstić information content (AvgIpc) is 2.57. The second-order valence-electron chi connectivity index (χ2n) is 5.63. The summed E-state index contributed by atoms with van der Waals surface area (Å²) in [5.74, 6) is 0.246. The largest absolute Gasteiger partial charge is 0.495 e. The van der Waals surface area contributed by atoms with E-state index in [-0.39, 0.29) is 28.4 Å². The standard InChI is InChI=1S/C16H20N2O7S2/c1-11-3-6-13(7-4-11)26(19,20)18-16-12(9-10-25-27(21,22)23)5-8-14(24-2)15(16)17/h3-8,18H,9-10,17H2,1-2H3,(H,21,22,23). The Bertz CT molecular complexity index is 1020. The van der Waals surface area contributed by atoms with E-state index in [4.69, 9.17) is 15.0 Å². The summed E-state index contributed by atoms with van der Waals surface area (Å²) in [6, 6.07) is 9.26. The third-order valence-electron chi connectivity index (χ3n) is 3.68. The lowest BCUT2D eigenvalue weighted by Crippen LogP contribution is -2.17. The fourth-order valence-corrected chi connectivity index (χ4v) is 3.74. The Morgan fingerprint density at radius 2 is 1.70 bits per heavy atom. The molecule has 0 atom stereocenters. The fourth-order valence-electron chi connectivity index (χ4n) is 2.32. The number of hydrogen-bond donors (Lipinski definition) is 3. The number of anilines is 2. The molecule has 0 bridgehead atoms. The van der Waals surface area contributed by atoms with Gasteiger partial charge in [-0.25, -0.2) is 12.6 Å². The number of nitrogens with two attached hydrogens (primary N) is 1. The topological polar surface area (TPSA) is 145 Å². The summed E-state index contributed by atoms with van der Waals surface area (Å²) in [7, 11) is -7.17. The molecule has 11 heteroatoms. The number of rotatable bonds is 8. The van der Waals surface area contributed by atoms with Gasteiger partial charge in [-0.15, -0.1) is 0 Å². The number of ether oxygens (including phenoxy) is 1. The minimum Gasteiger partial charge on any atom is -0.495 e. The molecule has 0 amide bonds. The van der Waals surface area contributed by atoms with Crippen LogP contribution in [0.2, 0.25) is 0 Å². The van der Waals surface area contributed by atoms with E-state index in [0.717, 1.165) is 5.56 Å². The first-order chi connectivity index (χ1) is 12.5. The smallest absolute Gasteiger partial charge is 0.397 e. The lowest BCUT2D eigenvalue weighted by molar-refractivity contribution is 0.272. The first-order valence-electron chi connectivity index (χ1n) is 7.70. The van der Waals surface area contributed by atoms with Crippen LogP contribution < -0.4 is 15.2 Å². The molecular weight excluding hydrogens is 396 g/mol. The molecule has 9 nitrogen and oxygen atoms in total. The molecule has 0 aromatic heterocycles. The van der Waals surface area contributed by atoms with Crippen LogP contribution in [0.5, 0.6) is 5.75 Å². The van der Waals surface area contributed by atoms with E-state index in [0.29, 0.717) is 5.56 Å². The van der Waals surface area contributed by atoms with Crippen LogP contribution in [-0.2, 0) is 31.0 Å². The third kappa shape index (κ3) is 5.57. The molecule has 0 aliphatic carbocycles. The molecule has 0 fully saturated rings. The van der Waals surface area contributed by atoms with E-state index < -0.39 is 27.0 Å². The number of methoxy groups -OCH3 is 1. The van der Waals surface area contributed by atoms with Crippen LogP contribution >= 0.6 is 0 Å². The van der Waals surface area contributed by atoms with Gasteiger partial charge in [0.2, 0.25) is 0 Å². The number of aryl methyl sites for hydroxylation is 1. The van der Waals surface area contributed by atoms with Crippen molar-refractivity contribution in [2.45, 2.75) is 18.2 Å². The lowest BCUT2D eigenvalue weighted by atomic mass is 10.1. The average molecular weight is 416 g/mol. The van der Waals surface area contributed by atoms with Crippen molar-refractivity contribution in [1.82, 2.24) is 0 Å². The minimum atomic E-state index is -4.61. The Morgan fingerprint density at radius 3 is 2.26 bits per heavy atom. The highest BCUT2D eigenvalue weighted by Gasteiger charge is 2.20. The Morgan fingerprint density at radius 1 is 1.07 bits per heavy atom. The molecule has 2 aromatic rings. The number of hydrogen-bond acceptors (Lipinski definition) is 7. The molecule has 4 N–H and O–H groups in total. The molecular formula is C16H20N2O7S2. The number of sulfonamides is 1. The number of benzene rings is 2. The Balaban J connectivity index is 2.39. The number of nitrogens with one attached hydrogen (secondary N) is 1. The van der Waals surface area contributed by atoms with Crippen LogP contribution in [0, 0.1) is 6.92 Å². The molecule has 2 rings (SSSR count). The first-order valence-corrected chi connectivity index (χ1v) is 10.5.